The van der Waals surface area contributed by atoms with E-state index in [1.807, 2.05) is 30.3 Å². The Morgan fingerprint density at radius 1 is 1.05 bits per heavy atom. The molecule has 0 aromatic heterocycles. The Kier molecular flexibility index (Phi) is 4.63. The van der Waals surface area contributed by atoms with Gasteiger partial charge in [-0.05, 0) is 0 Å². The van der Waals surface area contributed by atoms with Crippen molar-refractivity contribution in [3.8, 4) is 0 Å². The first-order valence-corrected chi connectivity index (χ1v) is 7.90. The summed E-state index contributed by atoms with van der Waals surface area (Å²) in [4.78, 5) is 11.0. The summed E-state index contributed by atoms with van der Waals surface area (Å²) in [6, 6.07) is 13.0. The van der Waals surface area contributed by atoms with Crippen LogP contribution in [0.5, 0.6) is 0 Å². The van der Waals surface area contributed by atoms with Crippen molar-refractivity contribution in [1.29, 1.82) is 0 Å². The van der Waals surface area contributed by atoms with Crippen LogP contribution in [0.15, 0.2) is 48.5 Å². The van der Waals surface area contributed by atoms with Gasteiger partial charge in [-0.2, -0.15) is 0 Å². The Bertz CT molecular complexity index is 594. The predicted octanol–water partition coefficient (Wildman–Crippen LogP) is 3.05. The topological polar surface area (TPSA) is 17.1 Å². The number of halogens is 3. The molecule has 0 fully saturated rings. The van der Waals surface area contributed by atoms with Gasteiger partial charge in [-0.15, -0.1) is 0 Å². The molecule has 104 valence electrons. The van der Waals surface area contributed by atoms with Gasteiger partial charge in [-0.25, -0.2) is 0 Å². The van der Waals surface area contributed by atoms with Crippen LogP contribution in [-0.2, 0) is 11.5 Å². The Morgan fingerprint density at radius 3 is 2.35 bits per heavy atom. The van der Waals surface area contributed by atoms with Crippen molar-refractivity contribution in [1.82, 2.24) is 0 Å². The molecule has 0 aliphatic heterocycles. The minimum atomic E-state index is -4.41. The molecule has 5 heteroatoms. The third-order valence-corrected chi connectivity index (χ3v) is 5.14. The number of carbonyl (C=O) groups excluding carboxylic acids is 1. The van der Waals surface area contributed by atoms with Gasteiger partial charge >= 0.3 is 120 Å². The summed E-state index contributed by atoms with van der Waals surface area (Å²) >= 11 is -0.0677. The monoisotopic (exact) mass is 344 g/mol. The number of hydrogen-bond acceptors (Lipinski definition) is 1. The summed E-state index contributed by atoms with van der Waals surface area (Å²) in [6.45, 7) is 0. The molecule has 0 heterocycles. The Morgan fingerprint density at radius 2 is 1.75 bits per heavy atom. The molecule has 0 aliphatic rings. The van der Waals surface area contributed by atoms with Crippen LogP contribution in [-0.4, -0.2) is 21.2 Å². The molecule has 0 radical (unpaired) electrons. The van der Waals surface area contributed by atoms with Crippen molar-refractivity contribution in [2.75, 3.05) is 0 Å². The van der Waals surface area contributed by atoms with Crippen LogP contribution in [0.4, 0.5) is 13.2 Å². The van der Waals surface area contributed by atoms with Gasteiger partial charge in [0.25, 0.3) is 0 Å². The molecule has 2 rings (SSSR count). The summed E-state index contributed by atoms with van der Waals surface area (Å²) < 4.78 is 38.4. The summed E-state index contributed by atoms with van der Waals surface area (Å²) in [5, 5.41) is 0.750. The Labute approximate surface area is 121 Å². The molecule has 0 atom stereocenters. The molecule has 0 spiro atoms. The second kappa shape index (κ2) is 6.25. The number of carbonyl (C=O) groups is 1. The van der Waals surface area contributed by atoms with Crippen molar-refractivity contribution in [3.05, 3.63) is 65.2 Å². The van der Waals surface area contributed by atoms with E-state index in [-0.39, 0.29) is 20.5 Å². The predicted molar refractivity (Wildman–Crippen MR) is 72.4 cm³/mol. The van der Waals surface area contributed by atoms with Crippen LogP contribution in [0.2, 0.25) is 0 Å². The quantitative estimate of drug-likeness (QED) is 0.616. The second-order valence-corrected chi connectivity index (χ2v) is 6.28. The van der Waals surface area contributed by atoms with Crippen molar-refractivity contribution in [3.63, 3.8) is 0 Å². The number of benzene rings is 2. The van der Waals surface area contributed by atoms with E-state index in [2.05, 4.69) is 0 Å². The van der Waals surface area contributed by atoms with Crippen molar-refractivity contribution in [2.45, 2.75) is 11.5 Å². The average Bonchev–Trinajstić information content (AvgIpc) is 2.45. The first-order chi connectivity index (χ1) is 9.50. The van der Waals surface area contributed by atoms with Gasteiger partial charge in [0.15, 0.2) is 0 Å². The first-order valence-electron chi connectivity index (χ1n) is 5.84. The van der Waals surface area contributed by atoms with E-state index in [1.54, 1.807) is 0 Å². The van der Waals surface area contributed by atoms with Gasteiger partial charge in [0, 0.05) is 0 Å². The molecule has 0 saturated heterocycles. The summed E-state index contributed by atoms with van der Waals surface area (Å²) in [5.74, 6) is 0. The summed E-state index contributed by atoms with van der Waals surface area (Å²) in [6.07, 6.45) is -3.92. The van der Waals surface area contributed by atoms with Gasteiger partial charge < -0.3 is 0 Å². The summed E-state index contributed by atoms with van der Waals surface area (Å²) in [5.41, 5.74) is 0.471. The zero-order chi connectivity index (χ0) is 14.6. The van der Waals surface area contributed by atoms with Crippen LogP contribution >= 0.6 is 0 Å². The van der Waals surface area contributed by atoms with Gasteiger partial charge in [-0.1, -0.05) is 0 Å². The van der Waals surface area contributed by atoms with Crippen molar-refractivity contribution >= 4 is 25.7 Å². The van der Waals surface area contributed by atoms with E-state index in [0.717, 1.165) is 23.0 Å². The number of alkyl halides is 3. The number of aldehydes is 1. The maximum absolute atomic E-state index is 12.6. The molecule has 0 aliphatic carbocycles. The molecule has 2 aromatic carbocycles. The Hall–Kier alpha value is -1.58. The third-order valence-electron chi connectivity index (χ3n) is 2.70. The summed E-state index contributed by atoms with van der Waals surface area (Å²) in [7, 11) is 0. The third kappa shape index (κ3) is 3.71. The fourth-order valence-corrected chi connectivity index (χ4v) is 3.68. The molecule has 0 saturated carbocycles. The normalized spacial score (nSPS) is 11.3. The first kappa shape index (κ1) is 14.8. The van der Waals surface area contributed by atoms with Crippen LogP contribution < -0.4 is 4.46 Å². The molecule has 2 aromatic rings. The molecule has 20 heavy (non-hydrogen) atoms. The van der Waals surface area contributed by atoms with Crippen LogP contribution in [0.3, 0.4) is 0 Å². The van der Waals surface area contributed by atoms with E-state index < -0.39 is 11.7 Å². The van der Waals surface area contributed by atoms with E-state index in [0.29, 0.717) is 10.7 Å². The molecule has 0 bridgehead atoms. The zero-order valence-electron chi connectivity index (χ0n) is 10.4. The molecular weight excluding hydrogens is 332 g/mol. The molecule has 0 unspecified atom stereocenters. The van der Waals surface area contributed by atoms with Gasteiger partial charge in [0.2, 0.25) is 0 Å². The van der Waals surface area contributed by atoms with Gasteiger partial charge in [0.05, 0.1) is 0 Å². The van der Waals surface area contributed by atoms with Crippen molar-refractivity contribution < 1.29 is 18.0 Å². The second-order valence-electron chi connectivity index (χ2n) is 4.14. The zero-order valence-corrected chi connectivity index (χ0v) is 12.1. The van der Waals surface area contributed by atoms with Crippen LogP contribution in [0, 0.1) is 0 Å². The van der Waals surface area contributed by atoms with Gasteiger partial charge in [-0.3, -0.25) is 0 Å². The Balaban J connectivity index is 2.18. The molecule has 1 nitrogen and oxygen atoms in total. The fraction of sp³-hybridized carbons (Fsp3) is 0.133. The van der Waals surface area contributed by atoms with E-state index in [9.17, 15) is 18.0 Å². The minimum absolute atomic E-state index is 0.0677. The SMILES string of the molecule is O=Cc1cc(C(F)(F)F)ccc1[Se]Cc1ccccc1. The standard InChI is InChI=1S/C15H11F3OSe/c16-15(17,18)13-6-7-14(12(8-13)9-19)20-10-11-4-2-1-3-5-11/h1-9H,10H2. The van der Waals surface area contributed by atoms with E-state index >= 15 is 0 Å². The number of rotatable bonds is 4. The average molecular weight is 343 g/mol. The molecule has 0 N–H and O–H groups in total. The number of hydrogen-bond donors (Lipinski definition) is 0. The van der Waals surface area contributed by atoms with Crippen LogP contribution in [0.25, 0.3) is 0 Å². The van der Waals surface area contributed by atoms with Crippen LogP contribution in [0.1, 0.15) is 21.5 Å². The van der Waals surface area contributed by atoms with Gasteiger partial charge in [0.1, 0.15) is 0 Å². The van der Waals surface area contributed by atoms with E-state index in [1.165, 1.54) is 6.07 Å². The molecule has 0 amide bonds. The fourth-order valence-electron chi connectivity index (χ4n) is 1.68. The maximum atomic E-state index is 12.6. The van der Waals surface area contributed by atoms with Crippen molar-refractivity contribution in [2.24, 2.45) is 0 Å². The van der Waals surface area contributed by atoms with E-state index in [4.69, 9.17) is 0 Å². The molecular formula is C15H11F3OSe.